The Hall–Kier alpha value is -1.66. The summed E-state index contributed by atoms with van der Waals surface area (Å²) in [7, 11) is -2.70. The highest BCUT2D eigenvalue weighted by atomic mass is 32.2. The number of ether oxygens (including phenoxy) is 1. The molecule has 0 radical (unpaired) electrons. The minimum atomic E-state index is -3.88. The molecule has 18 heavy (non-hydrogen) atoms. The van der Waals surface area contributed by atoms with E-state index in [1.165, 1.54) is 19.2 Å². The van der Waals surface area contributed by atoms with E-state index in [1.807, 2.05) is 6.92 Å². The number of methoxy groups -OCH3 is 1. The maximum Gasteiger partial charge on any atom is 0.335 e. The van der Waals surface area contributed by atoms with E-state index in [9.17, 15) is 13.2 Å². The van der Waals surface area contributed by atoms with Crippen LogP contribution < -0.4 is 0 Å². The monoisotopic (exact) mass is 270 g/mol. The van der Waals surface area contributed by atoms with Crippen molar-refractivity contribution < 1.29 is 22.1 Å². The van der Waals surface area contributed by atoms with E-state index >= 15 is 0 Å². The summed E-state index contributed by atoms with van der Waals surface area (Å²) in [6, 6.07) is 6.19. The zero-order valence-electron chi connectivity index (χ0n) is 10.2. The molecule has 0 aromatic heterocycles. The molecule has 0 spiro atoms. The molecule has 0 aliphatic heterocycles. The first-order chi connectivity index (χ1) is 8.36. The molecular formula is C12H14O5S. The summed E-state index contributed by atoms with van der Waals surface area (Å²) in [5, 5.41) is 0. The van der Waals surface area contributed by atoms with Crippen LogP contribution in [-0.4, -0.2) is 28.1 Å². The lowest BCUT2D eigenvalue weighted by Crippen LogP contribution is -2.14. The molecule has 0 bridgehead atoms. The summed E-state index contributed by atoms with van der Waals surface area (Å²) >= 11 is 0. The third-order valence-corrected chi connectivity index (χ3v) is 3.45. The molecular weight excluding hydrogens is 256 g/mol. The summed E-state index contributed by atoms with van der Waals surface area (Å²) < 4.78 is 32.6. The van der Waals surface area contributed by atoms with Gasteiger partial charge in [-0.25, -0.2) is 4.79 Å². The van der Waals surface area contributed by atoms with Gasteiger partial charge in [0.05, 0.1) is 24.2 Å². The molecule has 0 saturated heterocycles. The lowest BCUT2D eigenvalue weighted by molar-refractivity contribution is -0.136. The maximum atomic E-state index is 11.7. The van der Waals surface area contributed by atoms with Gasteiger partial charge in [-0.2, -0.15) is 8.42 Å². The second-order valence-electron chi connectivity index (χ2n) is 3.62. The quantitative estimate of drug-likeness (QED) is 0.460. The van der Waals surface area contributed by atoms with E-state index in [0.717, 1.165) is 5.56 Å². The van der Waals surface area contributed by atoms with E-state index in [-0.39, 0.29) is 10.5 Å². The van der Waals surface area contributed by atoms with Crippen molar-refractivity contribution in [3.8, 4) is 0 Å². The molecule has 1 rings (SSSR count). The van der Waals surface area contributed by atoms with E-state index in [2.05, 4.69) is 11.3 Å². The Balaban J connectivity index is 2.74. The van der Waals surface area contributed by atoms with E-state index in [4.69, 9.17) is 4.18 Å². The molecule has 0 amide bonds. The van der Waals surface area contributed by atoms with Crippen molar-refractivity contribution in [2.24, 2.45) is 0 Å². The van der Waals surface area contributed by atoms with E-state index in [1.54, 1.807) is 12.1 Å². The summed E-state index contributed by atoms with van der Waals surface area (Å²) in [5.41, 5.74) is 0.876. The van der Waals surface area contributed by atoms with Gasteiger partial charge in [-0.1, -0.05) is 24.3 Å². The molecule has 0 atom stereocenters. The third kappa shape index (κ3) is 3.68. The van der Waals surface area contributed by atoms with Crippen molar-refractivity contribution >= 4 is 16.1 Å². The zero-order chi connectivity index (χ0) is 13.8. The van der Waals surface area contributed by atoms with Crippen LogP contribution in [0.4, 0.5) is 0 Å². The average Bonchev–Trinajstić information content (AvgIpc) is 2.35. The zero-order valence-corrected chi connectivity index (χ0v) is 11.0. The number of aryl methyl sites for hydroxylation is 1. The van der Waals surface area contributed by atoms with Gasteiger partial charge in [0.25, 0.3) is 10.1 Å². The molecule has 0 saturated carbocycles. The summed E-state index contributed by atoms with van der Waals surface area (Å²) in [4.78, 5) is 11.0. The van der Waals surface area contributed by atoms with Gasteiger partial charge in [0.2, 0.25) is 0 Å². The summed E-state index contributed by atoms with van der Waals surface area (Å²) in [6.07, 6.45) is 0. The third-order valence-electron chi connectivity index (χ3n) is 2.17. The Morgan fingerprint density at radius 3 is 2.33 bits per heavy atom. The van der Waals surface area contributed by atoms with Gasteiger partial charge >= 0.3 is 5.97 Å². The smallest absolute Gasteiger partial charge is 0.335 e. The van der Waals surface area contributed by atoms with Crippen LogP contribution in [0, 0.1) is 6.92 Å². The molecule has 5 nitrogen and oxygen atoms in total. The molecule has 0 N–H and O–H groups in total. The standard InChI is InChI=1S/C12H14O5S/c1-9-4-6-11(7-5-9)18(14,15)17-8-10(2)12(13)16-3/h4-7H,2,8H2,1,3H3. The molecule has 0 fully saturated rings. The molecule has 1 aromatic carbocycles. The predicted molar refractivity (Wildman–Crippen MR) is 65.5 cm³/mol. The normalized spacial score (nSPS) is 11.0. The Morgan fingerprint density at radius 1 is 1.28 bits per heavy atom. The lowest BCUT2D eigenvalue weighted by Gasteiger charge is -2.06. The maximum absolute atomic E-state index is 11.7. The highest BCUT2D eigenvalue weighted by molar-refractivity contribution is 7.86. The molecule has 6 heteroatoms. The van der Waals surface area contributed by atoms with Crippen LogP contribution in [0.2, 0.25) is 0 Å². The van der Waals surface area contributed by atoms with E-state index < -0.39 is 22.7 Å². The van der Waals surface area contributed by atoms with Crippen molar-refractivity contribution in [1.82, 2.24) is 0 Å². The minimum absolute atomic E-state index is 0.0331. The number of benzene rings is 1. The Labute approximate surface area is 106 Å². The highest BCUT2D eigenvalue weighted by Crippen LogP contribution is 2.14. The van der Waals surface area contributed by atoms with Gasteiger partial charge in [0.1, 0.15) is 0 Å². The molecule has 1 aromatic rings. The summed E-state index contributed by atoms with van der Waals surface area (Å²) in [5.74, 6) is -0.700. The van der Waals surface area contributed by atoms with Gasteiger partial charge in [-0.05, 0) is 19.1 Å². The van der Waals surface area contributed by atoms with Crippen molar-refractivity contribution in [2.75, 3.05) is 13.7 Å². The molecule has 0 heterocycles. The van der Waals surface area contributed by atoms with Crippen LogP contribution in [0.1, 0.15) is 5.56 Å². The van der Waals surface area contributed by atoms with Gasteiger partial charge in [-0.15, -0.1) is 0 Å². The average molecular weight is 270 g/mol. The van der Waals surface area contributed by atoms with Gasteiger partial charge < -0.3 is 4.74 Å². The first kappa shape index (κ1) is 14.4. The molecule has 98 valence electrons. The number of carbonyl (C=O) groups is 1. The van der Waals surface area contributed by atoms with E-state index in [0.29, 0.717) is 0 Å². The highest BCUT2D eigenvalue weighted by Gasteiger charge is 2.17. The van der Waals surface area contributed by atoms with Gasteiger partial charge in [0, 0.05) is 0 Å². The second kappa shape index (κ2) is 5.79. The second-order valence-corrected chi connectivity index (χ2v) is 5.24. The van der Waals surface area contributed by atoms with Crippen LogP contribution >= 0.6 is 0 Å². The molecule has 0 aliphatic carbocycles. The lowest BCUT2D eigenvalue weighted by atomic mass is 10.2. The van der Waals surface area contributed by atoms with Crippen LogP contribution in [0.5, 0.6) is 0 Å². The van der Waals surface area contributed by atoms with Crippen LogP contribution in [0.25, 0.3) is 0 Å². The topological polar surface area (TPSA) is 69.7 Å². The van der Waals surface area contributed by atoms with Gasteiger partial charge in [0.15, 0.2) is 0 Å². The number of hydrogen-bond acceptors (Lipinski definition) is 5. The van der Waals surface area contributed by atoms with Crippen molar-refractivity contribution in [1.29, 1.82) is 0 Å². The van der Waals surface area contributed by atoms with Crippen molar-refractivity contribution in [2.45, 2.75) is 11.8 Å². The number of hydrogen-bond donors (Lipinski definition) is 0. The van der Waals surface area contributed by atoms with Crippen molar-refractivity contribution in [3.05, 3.63) is 42.0 Å². The number of esters is 1. The Morgan fingerprint density at radius 2 is 1.83 bits per heavy atom. The number of carbonyl (C=O) groups excluding carboxylic acids is 1. The molecule has 0 aliphatic rings. The first-order valence-corrected chi connectivity index (χ1v) is 6.50. The fourth-order valence-corrected chi connectivity index (χ4v) is 2.03. The van der Waals surface area contributed by atoms with Crippen LogP contribution in [-0.2, 0) is 23.8 Å². The SMILES string of the molecule is C=C(COS(=O)(=O)c1ccc(C)cc1)C(=O)OC. The minimum Gasteiger partial charge on any atom is -0.466 e. The predicted octanol–water partition coefficient (Wildman–Crippen LogP) is 1.43. The largest absolute Gasteiger partial charge is 0.466 e. The Bertz CT molecular complexity index is 542. The molecule has 0 unspecified atom stereocenters. The summed E-state index contributed by atoms with van der Waals surface area (Å²) in [6.45, 7) is 4.79. The van der Waals surface area contributed by atoms with Crippen LogP contribution in [0.15, 0.2) is 41.3 Å². The van der Waals surface area contributed by atoms with Crippen molar-refractivity contribution in [3.63, 3.8) is 0 Å². The number of rotatable bonds is 5. The van der Waals surface area contributed by atoms with Crippen LogP contribution in [0.3, 0.4) is 0 Å². The fraction of sp³-hybridized carbons (Fsp3) is 0.250. The van der Waals surface area contributed by atoms with Gasteiger partial charge in [-0.3, -0.25) is 4.18 Å². The first-order valence-electron chi connectivity index (χ1n) is 5.09. The fourth-order valence-electron chi connectivity index (χ4n) is 1.12. The Kier molecular flexibility index (Phi) is 4.63.